The van der Waals surface area contributed by atoms with E-state index in [0.29, 0.717) is 5.56 Å². The molecule has 0 aliphatic heterocycles. The molecule has 0 spiro atoms. The van der Waals surface area contributed by atoms with Crippen molar-refractivity contribution in [3.63, 3.8) is 0 Å². The summed E-state index contributed by atoms with van der Waals surface area (Å²) < 4.78 is 1.66. The second kappa shape index (κ2) is 6.18. The Labute approximate surface area is 118 Å². The highest BCUT2D eigenvalue weighted by Crippen LogP contribution is 2.21. The molecule has 0 fully saturated rings. The summed E-state index contributed by atoms with van der Waals surface area (Å²) in [6, 6.07) is 7.37. The molecule has 0 N–H and O–H groups in total. The van der Waals surface area contributed by atoms with E-state index in [0.717, 1.165) is 8.95 Å². The molecule has 0 unspecified atom stereocenters. The van der Waals surface area contributed by atoms with E-state index in [-0.39, 0.29) is 18.5 Å². The minimum Gasteiger partial charge on any atom is -0.323 e. The number of halogens is 2. The third-order valence-corrected chi connectivity index (χ3v) is 3.15. The number of hydrogen-bond donors (Lipinski definition) is 0. The molecule has 0 aliphatic rings. The first-order valence-corrected chi connectivity index (χ1v) is 6.68. The zero-order chi connectivity index (χ0) is 13.0. The highest BCUT2D eigenvalue weighted by Gasteiger charge is 2.18. The Morgan fingerprint density at radius 1 is 1.35 bits per heavy atom. The highest BCUT2D eigenvalue weighted by molar-refractivity contribution is 9.11. The smallest absolute Gasteiger partial charge is 0.255 e. The second-order valence-corrected chi connectivity index (χ2v) is 5.67. The average molecular weight is 360 g/mol. The van der Waals surface area contributed by atoms with Crippen LogP contribution in [-0.2, 0) is 0 Å². The molecule has 1 amide bonds. The van der Waals surface area contributed by atoms with Crippen LogP contribution in [0.15, 0.2) is 27.1 Å². The molecule has 0 saturated carbocycles. The minimum absolute atomic E-state index is 0.0000860. The van der Waals surface area contributed by atoms with E-state index >= 15 is 0 Å². The maximum atomic E-state index is 12.2. The fraction of sp³-hybridized carbons (Fsp3) is 0.333. The van der Waals surface area contributed by atoms with Gasteiger partial charge in [-0.05, 0) is 32.0 Å². The Balaban J connectivity index is 3.05. The van der Waals surface area contributed by atoms with Crippen molar-refractivity contribution in [2.45, 2.75) is 19.9 Å². The lowest BCUT2D eigenvalue weighted by Gasteiger charge is -2.24. The first-order chi connectivity index (χ1) is 7.95. The summed E-state index contributed by atoms with van der Waals surface area (Å²) in [7, 11) is 0. The molecule has 1 aromatic carbocycles. The fourth-order valence-electron chi connectivity index (χ4n) is 1.41. The number of nitriles is 1. The van der Waals surface area contributed by atoms with Crippen LogP contribution in [0.25, 0.3) is 0 Å². The van der Waals surface area contributed by atoms with Crippen molar-refractivity contribution in [1.29, 1.82) is 5.26 Å². The molecular formula is C12H12Br2N2O. The monoisotopic (exact) mass is 358 g/mol. The van der Waals surface area contributed by atoms with Crippen molar-refractivity contribution in [1.82, 2.24) is 4.90 Å². The van der Waals surface area contributed by atoms with Gasteiger partial charge in [-0.25, -0.2) is 0 Å². The normalized spacial score (nSPS) is 10.1. The Kier molecular flexibility index (Phi) is 5.16. The maximum Gasteiger partial charge on any atom is 0.255 e. The first-order valence-electron chi connectivity index (χ1n) is 5.09. The number of amides is 1. The largest absolute Gasteiger partial charge is 0.323 e. The van der Waals surface area contributed by atoms with Crippen LogP contribution < -0.4 is 0 Å². The van der Waals surface area contributed by atoms with E-state index in [2.05, 4.69) is 31.9 Å². The number of rotatable bonds is 3. The molecule has 0 heterocycles. The lowest BCUT2D eigenvalue weighted by Crippen LogP contribution is -2.37. The molecular weight excluding hydrogens is 348 g/mol. The molecule has 0 radical (unpaired) electrons. The molecule has 0 aromatic heterocycles. The zero-order valence-corrected chi connectivity index (χ0v) is 12.7. The molecule has 90 valence electrons. The number of hydrogen-bond acceptors (Lipinski definition) is 2. The van der Waals surface area contributed by atoms with E-state index in [1.165, 1.54) is 4.90 Å². The molecule has 0 atom stereocenters. The molecule has 17 heavy (non-hydrogen) atoms. The summed E-state index contributed by atoms with van der Waals surface area (Å²) in [5.74, 6) is -0.136. The number of carbonyl (C=O) groups is 1. The van der Waals surface area contributed by atoms with Crippen LogP contribution in [0.5, 0.6) is 0 Å². The molecule has 0 saturated heterocycles. The highest BCUT2D eigenvalue weighted by atomic mass is 79.9. The average Bonchev–Trinajstić information content (AvgIpc) is 2.23. The van der Waals surface area contributed by atoms with Gasteiger partial charge < -0.3 is 4.90 Å². The van der Waals surface area contributed by atoms with Crippen molar-refractivity contribution >= 4 is 37.8 Å². The van der Waals surface area contributed by atoms with Crippen LogP contribution in [0.2, 0.25) is 0 Å². The van der Waals surface area contributed by atoms with Crippen LogP contribution in [0.4, 0.5) is 0 Å². The predicted octanol–water partition coefficient (Wildman–Crippen LogP) is 3.59. The van der Waals surface area contributed by atoms with Crippen LogP contribution in [0.1, 0.15) is 24.2 Å². The second-order valence-electron chi connectivity index (χ2n) is 3.84. The SMILES string of the molecule is CC(C)N(CC#N)C(=O)c1cc(Br)cc(Br)c1. The number of benzene rings is 1. The molecule has 1 aromatic rings. The van der Waals surface area contributed by atoms with Gasteiger partial charge in [0.25, 0.3) is 5.91 Å². The lowest BCUT2D eigenvalue weighted by molar-refractivity contribution is 0.0731. The topological polar surface area (TPSA) is 44.1 Å². The summed E-state index contributed by atoms with van der Waals surface area (Å²) in [6.07, 6.45) is 0. The summed E-state index contributed by atoms with van der Waals surface area (Å²) in [4.78, 5) is 13.7. The Hall–Kier alpha value is -0.860. The van der Waals surface area contributed by atoms with E-state index in [9.17, 15) is 4.79 Å². The van der Waals surface area contributed by atoms with Gasteiger partial charge in [0, 0.05) is 20.6 Å². The van der Waals surface area contributed by atoms with Gasteiger partial charge in [-0.3, -0.25) is 4.79 Å². The fourth-order valence-corrected chi connectivity index (χ4v) is 2.70. The Morgan fingerprint density at radius 3 is 2.29 bits per heavy atom. The molecule has 3 nitrogen and oxygen atoms in total. The molecule has 1 rings (SSSR count). The summed E-state index contributed by atoms with van der Waals surface area (Å²) in [6.45, 7) is 3.88. The van der Waals surface area contributed by atoms with Gasteiger partial charge in [-0.15, -0.1) is 0 Å². The van der Waals surface area contributed by atoms with Gasteiger partial charge >= 0.3 is 0 Å². The van der Waals surface area contributed by atoms with Crippen LogP contribution >= 0.6 is 31.9 Å². The van der Waals surface area contributed by atoms with E-state index in [4.69, 9.17) is 5.26 Å². The van der Waals surface area contributed by atoms with Gasteiger partial charge in [0.1, 0.15) is 6.54 Å². The standard InChI is InChI=1S/C12H12Br2N2O/c1-8(2)16(4-3-15)12(17)9-5-10(13)7-11(14)6-9/h5-8H,4H2,1-2H3. The zero-order valence-electron chi connectivity index (χ0n) is 9.58. The van der Waals surface area contributed by atoms with Gasteiger partial charge in [-0.2, -0.15) is 5.26 Å². The molecule has 0 bridgehead atoms. The first kappa shape index (κ1) is 14.2. The maximum absolute atomic E-state index is 12.2. The van der Waals surface area contributed by atoms with Gasteiger partial charge in [0.15, 0.2) is 0 Å². The Bertz CT molecular complexity index is 446. The lowest BCUT2D eigenvalue weighted by atomic mass is 10.2. The Morgan fingerprint density at radius 2 is 1.88 bits per heavy atom. The number of carbonyl (C=O) groups excluding carboxylic acids is 1. The van der Waals surface area contributed by atoms with Crippen LogP contribution in [-0.4, -0.2) is 23.4 Å². The van der Waals surface area contributed by atoms with E-state index in [1.54, 1.807) is 12.1 Å². The van der Waals surface area contributed by atoms with E-state index < -0.39 is 0 Å². The van der Waals surface area contributed by atoms with Gasteiger partial charge in [-0.1, -0.05) is 31.9 Å². The van der Waals surface area contributed by atoms with Crippen molar-refractivity contribution in [3.8, 4) is 6.07 Å². The van der Waals surface area contributed by atoms with E-state index in [1.807, 2.05) is 26.0 Å². The van der Waals surface area contributed by atoms with Crippen LogP contribution in [0.3, 0.4) is 0 Å². The summed E-state index contributed by atoms with van der Waals surface area (Å²) in [5, 5.41) is 8.73. The van der Waals surface area contributed by atoms with Gasteiger partial charge in [0.05, 0.1) is 6.07 Å². The molecule has 5 heteroatoms. The minimum atomic E-state index is -0.136. The summed E-state index contributed by atoms with van der Waals surface area (Å²) >= 11 is 6.68. The van der Waals surface area contributed by atoms with Gasteiger partial charge in [0.2, 0.25) is 0 Å². The third kappa shape index (κ3) is 3.83. The number of nitrogens with zero attached hydrogens (tertiary/aromatic N) is 2. The van der Waals surface area contributed by atoms with Crippen molar-refractivity contribution in [2.75, 3.05) is 6.54 Å². The van der Waals surface area contributed by atoms with Crippen molar-refractivity contribution in [3.05, 3.63) is 32.7 Å². The molecule has 0 aliphatic carbocycles. The van der Waals surface area contributed by atoms with Crippen molar-refractivity contribution in [2.24, 2.45) is 0 Å². The summed E-state index contributed by atoms with van der Waals surface area (Å²) in [5.41, 5.74) is 0.565. The predicted molar refractivity (Wildman–Crippen MR) is 73.6 cm³/mol. The van der Waals surface area contributed by atoms with Crippen molar-refractivity contribution < 1.29 is 4.79 Å². The quantitative estimate of drug-likeness (QED) is 0.774. The van der Waals surface area contributed by atoms with Crippen LogP contribution in [0, 0.1) is 11.3 Å². The third-order valence-electron chi connectivity index (χ3n) is 2.23.